The van der Waals surface area contributed by atoms with Crippen LogP contribution in [-0.2, 0) is 22.9 Å². The molecule has 0 aliphatic heterocycles. The zero-order chi connectivity index (χ0) is 15.0. The van der Waals surface area contributed by atoms with Gasteiger partial charge in [0.15, 0.2) is 0 Å². The first-order chi connectivity index (χ1) is 10.2. The van der Waals surface area contributed by atoms with Gasteiger partial charge in [-0.1, -0.05) is 12.1 Å². The molecule has 1 heterocycles. The molecule has 1 atom stereocenters. The molecular formula is C17H21NO3. The number of carbonyl (C=O) groups is 1. The van der Waals surface area contributed by atoms with E-state index in [0.29, 0.717) is 12.3 Å². The first-order valence-electron chi connectivity index (χ1n) is 7.49. The Morgan fingerprint density at radius 2 is 2.24 bits per heavy atom. The smallest absolute Gasteiger partial charge is 0.355 e. The maximum atomic E-state index is 12.3. The van der Waals surface area contributed by atoms with Gasteiger partial charge in [-0.15, -0.1) is 0 Å². The summed E-state index contributed by atoms with van der Waals surface area (Å²) in [6, 6.07) is 6.21. The van der Waals surface area contributed by atoms with Crippen molar-refractivity contribution >= 4 is 16.9 Å². The molecule has 0 fully saturated rings. The van der Waals surface area contributed by atoms with Crippen LogP contribution in [0.4, 0.5) is 0 Å². The summed E-state index contributed by atoms with van der Waals surface area (Å²) in [5.41, 5.74) is 4.07. The molecule has 0 saturated heterocycles. The van der Waals surface area contributed by atoms with Gasteiger partial charge >= 0.3 is 5.97 Å². The number of hydrogen-bond acceptors (Lipinski definition) is 3. The highest BCUT2D eigenvalue weighted by Crippen LogP contribution is 2.38. The van der Waals surface area contributed by atoms with Crippen LogP contribution in [0, 0.1) is 0 Å². The normalized spacial score (nSPS) is 17.8. The third kappa shape index (κ3) is 2.14. The summed E-state index contributed by atoms with van der Waals surface area (Å²) in [4.78, 5) is 12.3. The van der Waals surface area contributed by atoms with Gasteiger partial charge in [0, 0.05) is 25.1 Å². The minimum absolute atomic E-state index is 0.104. The summed E-state index contributed by atoms with van der Waals surface area (Å²) in [6.07, 6.45) is 2.99. The highest BCUT2D eigenvalue weighted by molar-refractivity contribution is 6.00. The number of ether oxygens (including phenoxy) is 2. The average Bonchev–Trinajstić information content (AvgIpc) is 2.65. The Kier molecular flexibility index (Phi) is 3.72. The molecule has 1 unspecified atom stereocenters. The highest BCUT2D eigenvalue weighted by Gasteiger charge is 2.28. The molecular weight excluding hydrogens is 266 g/mol. The van der Waals surface area contributed by atoms with Crippen molar-refractivity contribution in [1.82, 2.24) is 4.57 Å². The Hall–Kier alpha value is -1.81. The van der Waals surface area contributed by atoms with Gasteiger partial charge in [0.05, 0.1) is 12.7 Å². The predicted octanol–water partition coefficient (Wildman–Crippen LogP) is 3.38. The van der Waals surface area contributed by atoms with Gasteiger partial charge in [-0.3, -0.25) is 0 Å². The standard InChI is InChI=1S/C17H21NO3/c1-4-21-17(19)16-12-8-6-10-14(20-3)11-7-5-9-13(15(11)12)18(16)2/h5,7,9,14H,4,6,8,10H2,1-3H3. The van der Waals surface area contributed by atoms with Crippen LogP contribution in [0.1, 0.15) is 47.5 Å². The number of aromatic nitrogens is 1. The number of esters is 1. The minimum Gasteiger partial charge on any atom is -0.461 e. The fourth-order valence-corrected chi connectivity index (χ4v) is 3.44. The van der Waals surface area contributed by atoms with E-state index in [1.165, 1.54) is 10.9 Å². The Labute approximate surface area is 124 Å². The quantitative estimate of drug-likeness (QED) is 0.813. The number of benzene rings is 1. The van der Waals surface area contributed by atoms with Gasteiger partial charge in [0.25, 0.3) is 0 Å². The monoisotopic (exact) mass is 287 g/mol. The highest BCUT2D eigenvalue weighted by atomic mass is 16.5. The summed E-state index contributed by atoms with van der Waals surface area (Å²) in [5, 5.41) is 1.17. The van der Waals surface area contributed by atoms with Crippen LogP contribution in [-0.4, -0.2) is 24.3 Å². The Morgan fingerprint density at radius 3 is 2.95 bits per heavy atom. The summed E-state index contributed by atoms with van der Waals surface area (Å²) in [6.45, 7) is 2.23. The van der Waals surface area contributed by atoms with Crippen LogP contribution in [0.15, 0.2) is 18.2 Å². The van der Waals surface area contributed by atoms with E-state index in [4.69, 9.17) is 9.47 Å². The van der Waals surface area contributed by atoms with Gasteiger partial charge in [0.1, 0.15) is 5.69 Å². The van der Waals surface area contributed by atoms with E-state index in [1.54, 1.807) is 7.11 Å². The molecule has 0 bridgehead atoms. The van der Waals surface area contributed by atoms with E-state index in [0.717, 1.165) is 30.3 Å². The van der Waals surface area contributed by atoms with Gasteiger partial charge in [0.2, 0.25) is 0 Å². The van der Waals surface area contributed by atoms with Crippen molar-refractivity contribution in [3.8, 4) is 0 Å². The average molecular weight is 287 g/mol. The van der Waals surface area contributed by atoms with Crippen LogP contribution in [0.3, 0.4) is 0 Å². The van der Waals surface area contributed by atoms with E-state index in [1.807, 2.05) is 24.6 Å². The van der Waals surface area contributed by atoms with Crippen molar-refractivity contribution in [2.24, 2.45) is 7.05 Å². The second-order valence-corrected chi connectivity index (χ2v) is 5.46. The summed E-state index contributed by atoms with van der Waals surface area (Å²) >= 11 is 0. The van der Waals surface area contributed by atoms with Gasteiger partial charge < -0.3 is 14.0 Å². The first-order valence-corrected chi connectivity index (χ1v) is 7.49. The third-order valence-electron chi connectivity index (χ3n) is 4.35. The van der Waals surface area contributed by atoms with Crippen molar-refractivity contribution in [2.75, 3.05) is 13.7 Å². The molecule has 4 nitrogen and oxygen atoms in total. The molecule has 1 aromatic carbocycles. The van der Waals surface area contributed by atoms with Crippen molar-refractivity contribution < 1.29 is 14.3 Å². The molecule has 1 aliphatic carbocycles. The van der Waals surface area contributed by atoms with Gasteiger partial charge in [-0.25, -0.2) is 4.79 Å². The lowest BCUT2D eigenvalue weighted by Crippen LogP contribution is -2.12. The summed E-state index contributed by atoms with van der Waals surface area (Å²) < 4.78 is 12.9. The van der Waals surface area contributed by atoms with Crippen molar-refractivity contribution in [1.29, 1.82) is 0 Å². The van der Waals surface area contributed by atoms with Crippen LogP contribution in [0.2, 0.25) is 0 Å². The van der Waals surface area contributed by atoms with E-state index in [2.05, 4.69) is 12.1 Å². The maximum Gasteiger partial charge on any atom is 0.355 e. The number of carbonyl (C=O) groups excluding carboxylic acids is 1. The van der Waals surface area contributed by atoms with Crippen LogP contribution in [0.5, 0.6) is 0 Å². The lowest BCUT2D eigenvalue weighted by atomic mass is 10.0. The minimum atomic E-state index is -0.229. The maximum absolute atomic E-state index is 12.3. The lowest BCUT2D eigenvalue weighted by molar-refractivity contribution is 0.0514. The second-order valence-electron chi connectivity index (χ2n) is 5.46. The number of rotatable bonds is 3. The largest absolute Gasteiger partial charge is 0.461 e. The Morgan fingerprint density at radius 1 is 1.43 bits per heavy atom. The molecule has 2 aromatic rings. The molecule has 0 spiro atoms. The van der Waals surface area contributed by atoms with Crippen molar-refractivity contribution in [3.63, 3.8) is 0 Å². The second kappa shape index (κ2) is 5.53. The van der Waals surface area contributed by atoms with Gasteiger partial charge in [-0.2, -0.15) is 0 Å². The van der Waals surface area contributed by atoms with Crippen LogP contribution in [0.25, 0.3) is 10.9 Å². The Balaban J connectivity index is 2.29. The summed E-state index contributed by atoms with van der Waals surface area (Å²) in [7, 11) is 3.69. The molecule has 1 aliphatic rings. The zero-order valence-electron chi connectivity index (χ0n) is 12.8. The third-order valence-corrected chi connectivity index (χ3v) is 4.35. The number of methoxy groups -OCH3 is 1. The lowest BCUT2D eigenvalue weighted by Gasteiger charge is -2.14. The number of hydrogen-bond donors (Lipinski definition) is 0. The van der Waals surface area contributed by atoms with Crippen molar-refractivity contribution in [2.45, 2.75) is 32.3 Å². The molecule has 1 aromatic heterocycles. The topological polar surface area (TPSA) is 40.5 Å². The van der Waals surface area contributed by atoms with E-state index < -0.39 is 0 Å². The van der Waals surface area contributed by atoms with Gasteiger partial charge in [-0.05, 0) is 43.4 Å². The molecule has 0 amide bonds. The van der Waals surface area contributed by atoms with E-state index >= 15 is 0 Å². The molecule has 0 saturated carbocycles. The fourth-order valence-electron chi connectivity index (χ4n) is 3.44. The molecule has 3 rings (SSSR count). The fraction of sp³-hybridized carbons (Fsp3) is 0.471. The molecule has 112 valence electrons. The molecule has 4 heteroatoms. The zero-order valence-corrected chi connectivity index (χ0v) is 12.8. The molecule has 21 heavy (non-hydrogen) atoms. The number of aryl methyl sites for hydroxylation is 2. The summed E-state index contributed by atoms with van der Waals surface area (Å²) in [5.74, 6) is -0.229. The molecule has 0 N–H and O–H groups in total. The van der Waals surface area contributed by atoms with E-state index in [9.17, 15) is 4.79 Å². The SMILES string of the molecule is CCOC(=O)c1c2c3c(cccc3n1C)C(OC)CCC2. The Bertz CT molecular complexity index is 687. The van der Waals surface area contributed by atoms with Crippen LogP contribution >= 0.6 is 0 Å². The van der Waals surface area contributed by atoms with Crippen molar-refractivity contribution in [3.05, 3.63) is 35.0 Å². The first kappa shape index (κ1) is 14.1. The van der Waals surface area contributed by atoms with E-state index in [-0.39, 0.29) is 12.1 Å². The van der Waals surface area contributed by atoms with Crippen LogP contribution < -0.4 is 0 Å². The predicted molar refractivity (Wildman–Crippen MR) is 81.6 cm³/mol. The number of nitrogens with zero attached hydrogens (tertiary/aromatic N) is 1. The molecule has 0 radical (unpaired) electrons.